The third kappa shape index (κ3) is 2.81. The third-order valence-corrected chi connectivity index (χ3v) is 2.54. The van der Waals surface area contributed by atoms with Gasteiger partial charge in [0.1, 0.15) is 5.75 Å². The van der Waals surface area contributed by atoms with Gasteiger partial charge in [0, 0.05) is 17.8 Å². The van der Waals surface area contributed by atoms with E-state index in [1.807, 2.05) is 6.07 Å². The smallest absolute Gasteiger partial charge is 0.387 e. The second-order valence-corrected chi connectivity index (χ2v) is 3.68. The summed E-state index contributed by atoms with van der Waals surface area (Å²) < 4.78 is 28.2. The summed E-state index contributed by atoms with van der Waals surface area (Å²) in [6.45, 7) is -2.76. The van der Waals surface area contributed by atoms with Crippen LogP contribution in [0.1, 0.15) is 19.3 Å². The number of rotatable bonds is 4. The lowest BCUT2D eigenvalue weighted by atomic mass is 9.93. The van der Waals surface area contributed by atoms with Gasteiger partial charge in [0.2, 0.25) is 0 Å². The summed E-state index contributed by atoms with van der Waals surface area (Å²) in [4.78, 5) is 0. The quantitative estimate of drug-likeness (QED) is 0.828. The van der Waals surface area contributed by atoms with E-state index in [2.05, 4.69) is 10.1 Å². The predicted molar refractivity (Wildman–Crippen MR) is 54.3 cm³/mol. The maximum atomic E-state index is 11.9. The highest BCUT2D eigenvalue weighted by Crippen LogP contribution is 2.25. The van der Waals surface area contributed by atoms with Crippen LogP contribution in [0.15, 0.2) is 24.3 Å². The van der Waals surface area contributed by atoms with E-state index < -0.39 is 6.61 Å². The van der Waals surface area contributed by atoms with Crippen LogP contribution in [-0.4, -0.2) is 12.7 Å². The monoisotopic (exact) mass is 213 g/mol. The van der Waals surface area contributed by atoms with Gasteiger partial charge in [0.25, 0.3) is 0 Å². The van der Waals surface area contributed by atoms with Crippen LogP contribution < -0.4 is 10.1 Å². The van der Waals surface area contributed by atoms with E-state index in [1.165, 1.54) is 12.5 Å². The highest BCUT2D eigenvalue weighted by Gasteiger charge is 2.16. The molecule has 1 saturated carbocycles. The lowest BCUT2D eigenvalue weighted by molar-refractivity contribution is -0.0498. The molecule has 1 N–H and O–H groups in total. The van der Waals surface area contributed by atoms with E-state index in [0.717, 1.165) is 18.5 Å². The van der Waals surface area contributed by atoms with E-state index in [0.29, 0.717) is 6.04 Å². The van der Waals surface area contributed by atoms with Crippen LogP contribution in [-0.2, 0) is 0 Å². The van der Waals surface area contributed by atoms with Crippen molar-refractivity contribution < 1.29 is 13.5 Å². The summed E-state index contributed by atoms with van der Waals surface area (Å²) >= 11 is 0. The second-order valence-electron chi connectivity index (χ2n) is 3.68. The zero-order valence-corrected chi connectivity index (χ0v) is 8.25. The van der Waals surface area contributed by atoms with Gasteiger partial charge in [-0.25, -0.2) is 0 Å². The molecule has 0 radical (unpaired) electrons. The molecule has 4 heteroatoms. The largest absolute Gasteiger partial charge is 0.435 e. The van der Waals surface area contributed by atoms with E-state index in [9.17, 15) is 8.78 Å². The average Bonchev–Trinajstić information content (AvgIpc) is 2.11. The Hall–Kier alpha value is -1.32. The van der Waals surface area contributed by atoms with Crippen LogP contribution >= 0.6 is 0 Å². The molecule has 82 valence electrons. The van der Waals surface area contributed by atoms with Gasteiger partial charge in [0.15, 0.2) is 0 Å². The Kier molecular flexibility index (Phi) is 3.04. The van der Waals surface area contributed by atoms with Gasteiger partial charge in [0.05, 0.1) is 0 Å². The molecule has 0 aliphatic heterocycles. The van der Waals surface area contributed by atoms with Gasteiger partial charge < -0.3 is 10.1 Å². The van der Waals surface area contributed by atoms with Gasteiger partial charge in [-0.05, 0) is 31.4 Å². The van der Waals surface area contributed by atoms with Crippen molar-refractivity contribution >= 4 is 5.69 Å². The molecule has 1 fully saturated rings. The van der Waals surface area contributed by atoms with Crippen LogP contribution in [0.3, 0.4) is 0 Å². The number of benzene rings is 1. The molecule has 1 aliphatic rings. The normalized spacial score (nSPS) is 16.2. The lowest BCUT2D eigenvalue weighted by Crippen LogP contribution is -2.26. The second kappa shape index (κ2) is 4.47. The van der Waals surface area contributed by atoms with Gasteiger partial charge in [-0.15, -0.1) is 0 Å². The molecule has 0 heterocycles. The first-order chi connectivity index (χ1) is 7.24. The summed E-state index contributed by atoms with van der Waals surface area (Å²) in [6, 6.07) is 7.18. The van der Waals surface area contributed by atoms with E-state index >= 15 is 0 Å². The number of nitrogens with one attached hydrogen (secondary N) is 1. The molecule has 2 rings (SSSR count). The van der Waals surface area contributed by atoms with Crippen molar-refractivity contribution in [2.75, 3.05) is 5.32 Å². The maximum absolute atomic E-state index is 11.9. The average molecular weight is 213 g/mol. The molecule has 1 aliphatic carbocycles. The number of ether oxygens (including phenoxy) is 1. The maximum Gasteiger partial charge on any atom is 0.387 e. The zero-order chi connectivity index (χ0) is 10.7. The molecular formula is C11H13F2NO. The van der Waals surface area contributed by atoms with Gasteiger partial charge in [-0.3, -0.25) is 0 Å². The molecule has 0 unspecified atom stereocenters. The number of halogens is 2. The Morgan fingerprint density at radius 2 is 2.13 bits per heavy atom. The van der Waals surface area contributed by atoms with Crippen molar-refractivity contribution in [2.45, 2.75) is 31.9 Å². The Morgan fingerprint density at radius 1 is 1.33 bits per heavy atom. The van der Waals surface area contributed by atoms with Gasteiger partial charge >= 0.3 is 6.61 Å². The minimum atomic E-state index is -2.76. The van der Waals surface area contributed by atoms with Crippen molar-refractivity contribution in [1.82, 2.24) is 0 Å². The van der Waals surface area contributed by atoms with E-state index in [4.69, 9.17) is 0 Å². The Bertz CT molecular complexity index is 326. The molecule has 15 heavy (non-hydrogen) atoms. The summed E-state index contributed by atoms with van der Waals surface area (Å²) in [5.41, 5.74) is 0.845. The Morgan fingerprint density at radius 3 is 2.73 bits per heavy atom. The van der Waals surface area contributed by atoms with Crippen LogP contribution in [0.25, 0.3) is 0 Å². The molecular weight excluding hydrogens is 200 g/mol. The van der Waals surface area contributed by atoms with Gasteiger partial charge in [-0.1, -0.05) is 6.07 Å². The Labute approximate surface area is 87.2 Å². The number of hydrogen-bond donors (Lipinski definition) is 1. The highest BCUT2D eigenvalue weighted by molar-refractivity contribution is 5.49. The molecule has 1 aromatic carbocycles. The molecule has 2 nitrogen and oxygen atoms in total. The first-order valence-corrected chi connectivity index (χ1v) is 5.05. The minimum absolute atomic E-state index is 0.203. The fraction of sp³-hybridized carbons (Fsp3) is 0.455. The summed E-state index contributed by atoms with van der Waals surface area (Å²) in [5.74, 6) is 0.203. The molecule has 1 aromatic rings. The summed E-state index contributed by atoms with van der Waals surface area (Å²) in [5, 5.41) is 3.27. The van der Waals surface area contributed by atoms with Crippen LogP contribution in [0.2, 0.25) is 0 Å². The summed E-state index contributed by atoms with van der Waals surface area (Å²) in [7, 11) is 0. The number of hydrogen-bond acceptors (Lipinski definition) is 2. The fourth-order valence-corrected chi connectivity index (χ4v) is 1.55. The Balaban J connectivity index is 1.98. The van der Waals surface area contributed by atoms with Crippen molar-refractivity contribution in [3.63, 3.8) is 0 Å². The molecule has 0 atom stereocenters. The lowest BCUT2D eigenvalue weighted by Gasteiger charge is -2.27. The van der Waals surface area contributed by atoms with E-state index in [-0.39, 0.29) is 5.75 Å². The minimum Gasteiger partial charge on any atom is -0.435 e. The van der Waals surface area contributed by atoms with E-state index in [1.54, 1.807) is 12.1 Å². The first-order valence-electron chi connectivity index (χ1n) is 5.05. The third-order valence-electron chi connectivity index (χ3n) is 2.54. The van der Waals surface area contributed by atoms with Crippen molar-refractivity contribution in [3.05, 3.63) is 24.3 Å². The topological polar surface area (TPSA) is 21.3 Å². The fourth-order valence-electron chi connectivity index (χ4n) is 1.55. The van der Waals surface area contributed by atoms with Gasteiger partial charge in [-0.2, -0.15) is 8.78 Å². The van der Waals surface area contributed by atoms with Crippen LogP contribution in [0.4, 0.5) is 14.5 Å². The molecule has 0 saturated heterocycles. The predicted octanol–water partition coefficient (Wildman–Crippen LogP) is 3.25. The van der Waals surface area contributed by atoms with Crippen molar-refractivity contribution in [1.29, 1.82) is 0 Å². The molecule has 0 amide bonds. The van der Waals surface area contributed by atoms with Crippen molar-refractivity contribution in [2.24, 2.45) is 0 Å². The van der Waals surface area contributed by atoms with Crippen LogP contribution in [0.5, 0.6) is 5.75 Å². The molecule has 0 aromatic heterocycles. The zero-order valence-electron chi connectivity index (χ0n) is 8.25. The van der Waals surface area contributed by atoms with Crippen LogP contribution in [0, 0.1) is 0 Å². The molecule has 0 bridgehead atoms. The summed E-state index contributed by atoms with van der Waals surface area (Å²) in [6.07, 6.45) is 3.55. The van der Waals surface area contributed by atoms with Crippen molar-refractivity contribution in [3.8, 4) is 5.75 Å². The first kappa shape index (κ1) is 10.2. The molecule has 0 spiro atoms. The SMILES string of the molecule is FC(F)Oc1cccc(NC2CCC2)c1. The number of anilines is 1. The standard InChI is InChI=1S/C11H13F2NO/c12-11(13)15-10-6-2-5-9(7-10)14-8-3-1-4-8/h2,5-8,11,14H,1,3-4H2. The highest BCUT2D eigenvalue weighted by atomic mass is 19.3. The number of alkyl halides is 2.